The zero-order valence-corrected chi connectivity index (χ0v) is 14.0. The number of nitrogens with zero attached hydrogens (tertiary/aromatic N) is 1. The number of nitrogens with one attached hydrogen (secondary N) is 1. The van der Waals surface area contributed by atoms with E-state index in [0.29, 0.717) is 29.7 Å². The fourth-order valence-electron chi connectivity index (χ4n) is 2.95. The van der Waals surface area contributed by atoms with Gasteiger partial charge in [-0.2, -0.15) is 0 Å². The third-order valence-corrected chi connectivity index (χ3v) is 4.40. The number of esters is 1. The maximum atomic E-state index is 13.4. The Hall–Kier alpha value is -2.70. The Morgan fingerprint density at radius 1 is 1.44 bits per heavy atom. The first kappa shape index (κ1) is 17.1. The second-order valence-electron chi connectivity index (χ2n) is 6.38. The highest BCUT2D eigenvalue weighted by atomic mass is 19.1. The molecule has 1 aromatic rings. The Kier molecular flexibility index (Phi) is 4.57. The number of rotatable bonds is 4. The summed E-state index contributed by atoms with van der Waals surface area (Å²) in [6.45, 7) is 1.64. The molecule has 7 heteroatoms. The molecule has 0 saturated carbocycles. The Bertz CT molecular complexity index is 774. The van der Waals surface area contributed by atoms with E-state index in [2.05, 4.69) is 15.2 Å². The molecule has 6 nitrogen and oxygen atoms in total. The van der Waals surface area contributed by atoms with Crippen LogP contribution in [0.5, 0.6) is 0 Å². The van der Waals surface area contributed by atoms with Crippen molar-refractivity contribution in [3.63, 3.8) is 0 Å². The van der Waals surface area contributed by atoms with Gasteiger partial charge in [0, 0.05) is 23.6 Å². The first-order valence-electron chi connectivity index (χ1n) is 8.00. The number of carbonyl (C=O) groups excluding carboxylic acids is 2. The van der Waals surface area contributed by atoms with E-state index in [9.17, 15) is 14.0 Å². The van der Waals surface area contributed by atoms with Crippen LogP contribution in [0.15, 0.2) is 41.1 Å². The number of amides is 1. The number of ether oxygens (including phenoxy) is 1. The highest BCUT2D eigenvalue weighted by Crippen LogP contribution is 2.28. The van der Waals surface area contributed by atoms with Crippen LogP contribution in [-0.4, -0.2) is 36.3 Å². The summed E-state index contributed by atoms with van der Waals surface area (Å²) in [5.41, 5.74) is 0.515. The van der Waals surface area contributed by atoms with Crippen LogP contribution in [-0.2, 0) is 19.2 Å². The SMILES string of the molecule is COC(=O)C1=CC[C@@H](NC(=O)C2(C)CC(c3cccc(F)c3)=NO2)C1. The number of benzene rings is 1. The molecule has 0 spiro atoms. The fraction of sp³-hybridized carbons (Fsp3) is 0.389. The van der Waals surface area contributed by atoms with E-state index in [1.807, 2.05) is 0 Å². The number of halogens is 1. The van der Waals surface area contributed by atoms with Crippen LogP contribution < -0.4 is 5.32 Å². The van der Waals surface area contributed by atoms with Gasteiger partial charge in [0.15, 0.2) is 0 Å². The Morgan fingerprint density at radius 2 is 2.24 bits per heavy atom. The summed E-state index contributed by atoms with van der Waals surface area (Å²) in [5.74, 6) is -1.06. The van der Waals surface area contributed by atoms with Crippen molar-refractivity contribution in [1.82, 2.24) is 5.32 Å². The first-order valence-corrected chi connectivity index (χ1v) is 8.00. The van der Waals surface area contributed by atoms with E-state index in [0.717, 1.165) is 0 Å². The van der Waals surface area contributed by atoms with Gasteiger partial charge in [-0.3, -0.25) is 4.79 Å². The van der Waals surface area contributed by atoms with Crippen LogP contribution in [0.4, 0.5) is 4.39 Å². The van der Waals surface area contributed by atoms with Gasteiger partial charge in [0.05, 0.1) is 12.8 Å². The van der Waals surface area contributed by atoms with Gasteiger partial charge in [-0.05, 0) is 31.9 Å². The van der Waals surface area contributed by atoms with Crippen molar-refractivity contribution in [3.8, 4) is 0 Å². The molecule has 1 unspecified atom stereocenters. The van der Waals surface area contributed by atoms with Crippen molar-refractivity contribution in [2.24, 2.45) is 5.16 Å². The summed E-state index contributed by atoms with van der Waals surface area (Å²) >= 11 is 0. The zero-order chi connectivity index (χ0) is 18.0. The zero-order valence-electron chi connectivity index (χ0n) is 14.0. The molecule has 0 aromatic heterocycles. The molecule has 1 amide bonds. The van der Waals surface area contributed by atoms with Crippen molar-refractivity contribution in [3.05, 3.63) is 47.3 Å². The van der Waals surface area contributed by atoms with Crippen molar-refractivity contribution < 1.29 is 23.6 Å². The summed E-state index contributed by atoms with van der Waals surface area (Å²) < 4.78 is 18.0. The van der Waals surface area contributed by atoms with Gasteiger partial charge in [0.2, 0.25) is 5.60 Å². The van der Waals surface area contributed by atoms with Crippen molar-refractivity contribution in [2.75, 3.05) is 7.11 Å². The lowest BCUT2D eigenvalue weighted by atomic mass is 9.94. The number of oxime groups is 1. The monoisotopic (exact) mass is 346 g/mol. The third kappa shape index (κ3) is 3.55. The fourth-order valence-corrected chi connectivity index (χ4v) is 2.95. The molecular formula is C18H19FN2O4. The lowest BCUT2D eigenvalue weighted by molar-refractivity contribution is -0.142. The van der Waals surface area contributed by atoms with Crippen LogP contribution in [0.3, 0.4) is 0 Å². The number of carbonyl (C=O) groups is 2. The topological polar surface area (TPSA) is 77.0 Å². The van der Waals surface area contributed by atoms with Crippen molar-refractivity contribution >= 4 is 17.6 Å². The molecule has 1 N–H and O–H groups in total. The molecule has 2 atom stereocenters. The second kappa shape index (κ2) is 6.66. The Balaban J connectivity index is 1.60. The molecule has 25 heavy (non-hydrogen) atoms. The molecule has 1 aliphatic heterocycles. The van der Waals surface area contributed by atoms with Crippen LogP contribution in [0.1, 0.15) is 31.7 Å². The maximum Gasteiger partial charge on any atom is 0.333 e. The lowest BCUT2D eigenvalue weighted by Crippen LogP contribution is -2.48. The van der Waals surface area contributed by atoms with Crippen molar-refractivity contribution in [2.45, 2.75) is 37.8 Å². The summed E-state index contributed by atoms with van der Waals surface area (Å²) in [6, 6.07) is 5.83. The van der Waals surface area contributed by atoms with Crippen LogP contribution >= 0.6 is 0 Å². The highest BCUT2D eigenvalue weighted by Gasteiger charge is 2.43. The molecule has 0 fully saturated rings. The highest BCUT2D eigenvalue weighted by molar-refractivity contribution is 6.05. The van der Waals surface area contributed by atoms with E-state index in [4.69, 9.17) is 4.84 Å². The predicted octanol–water partition coefficient (Wildman–Crippen LogP) is 2.09. The Labute approximate surface area is 144 Å². The summed E-state index contributed by atoms with van der Waals surface area (Å²) in [4.78, 5) is 29.5. The smallest absolute Gasteiger partial charge is 0.333 e. The minimum atomic E-state index is -1.16. The molecular weight excluding hydrogens is 327 g/mol. The quantitative estimate of drug-likeness (QED) is 0.847. The van der Waals surface area contributed by atoms with Crippen LogP contribution in [0, 0.1) is 5.82 Å². The standard InChI is InChI=1S/C18H19FN2O4/c1-18(10-15(21-25-18)11-4-3-5-13(19)8-11)17(23)20-14-7-6-12(9-14)16(22)24-2/h3-6,8,14H,7,9-10H2,1-2H3,(H,20,23)/t14-,18?/m1/s1. The van der Waals surface area contributed by atoms with Crippen molar-refractivity contribution in [1.29, 1.82) is 0 Å². The largest absolute Gasteiger partial charge is 0.466 e. The van der Waals surface area contributed by atoms with Gasteiger partial charge in [-0.1, -0.05) is 23.4 Å². The lowest BCUT2D eigenvalue weighted by Gasteiger charge is -2.23. The summed E-state index contributed by atoms with van der Waals surface area (Å²) in [7, 11) is 1.33. The molecule has 2 aliphatic rings. The van der Waals surface area contributed by atoms with Gasteiger partial charge in [-0.25, -0.2) is 9.18 Å². The average Bonchev–Trinajstić information content (AvgIpc) is 3.22. The first-order chi connectivity index (χ1) is 11.9. The number of hydrogen-bond acceptors (Lipinski definition) is 5. The average molecular weight is 346 g/mol. The predicted molar refractivity (Wildman–Crippen MR) is 88.3 cm³/mol. The minimum absolute atomic E-state index is 0.180. The maximum absolute atomic E-state index is 13.4. The molecule has 0 saturated heterocycles. The van der Waals surface area contributed by atoms with E-state index in [1.54, 1.807) is 25.1 Å². The van der Waals surface area contributed by atoms with Gasteiger partial charge in [0.25, 0.3) is 5.91 Å². The molecule has 132 valence electrons. The molecule has 3 rings (SSSR count). The molecule has 1 heterocycles. The van der Waals surface area contributed by atoms with Crippen LogP contribution in [0.2, 0.25) is 0 Å². The molecule has 1 aromatic carbocycles. The summed E-state index contributed by atoms with van der Waals surface area (Å²) in [6.07, 6.45) is 2.99. The minimum Gasteiger partial charge on any atom is -0.466 e. The third-order valence-electron chi connectivity index (χ3n) is 4.40. The van der Waals surface area contributed by atoms with Gasteiger partial charge >= 0.3 is 5.97 Å². The molecule has 0 bridgehead atoms. The van der Waals surface area contributed by atoms with Gasteiger partial charge in [-0.15, -0.1) is 0 Å². The van der Waals surface area contributed by atoms with Gasteiger partial charge in [0.1, 0.15) is 5.82 Å². The summed E-state index contributed by atoms with van der Waals surface area (Å²) in [5, 5.41) is 6.84. The van der Waals surface area contributed by atoms with Gasteiger partial charge < -0.3 is 14.9 Å². The normalized spacial score (nSPS) is 25.0. The Morgan fingerprint density at radius 3 is 2.96 bits per heavy atom. The van der Waals surface area contributed by atoms with Crippen LogP contribution in [0.25, 0.3) is 0 Å². The number of methoxy groups -OCH3 is 1. The number of hydrogen-bond donors (Lipinski definition) is 1. The second-order valence-corrected chi connectivity index (χ2v) is 6.38. The molecule has 0 radical (unpaired) electrons. The molecule has 1 aliphatic carbocycles. The van der Waals surface area contributed by atoms with E-state index >= 15 is 0 Å². The van der Waals surface area contributed by atoms with E-state index in [-0.39, 0.29) is 30.2 Å². The van der Waals surface area contributed by atoms with E-state index in [1.165, 1.54) is 19.2 Å². The van der Waals surface area contributed by atoms with E-state index < -0.39 is 5.60 Å².